The summed E-state index contributed by atoms with van der Waals surface area (Å²) in [7, 11) is -3.47. The Bertz CT molecular complexity index is 1300. The molecule has 0 saturated heterocycles. The lowest BCUT2D eigenvalue weighted by Gasteiger charge is -2.25. The standard InChI is InChI=1S/C28H33N3O3S/c1-21-9-10-22(2)27(19-21)31(35(3,33)34)20-23-11-13-25(14-12-23)28(32)29-16-6-17-30-18-15-24-7-4-5-8-26(24)30/h4-5,7-14,19H,6,15-18,20H2,1-3H3,(H,29,32). The Hall–Kier alpha value is -3.32. The first-order chi connectivity index (χ1) is 16.7. The predicted octanol–water partition coefficient (Wildman–Crippen LogP) is 4.45. The van der Waals surface area contributed by atoms with Gasteiger partial charge in [0.25, 0.3) is 5.91 Å². The van der Waals surface area contributed by atoms with Crippen molar-refractivity contribution in [3.8, 4) is 0 Å². The predicted molar refractivity (Wildman–Crippen MR) is 143 cm³/mol. The fourth-order valence-electron chi connectivity index (χ4n) is 4.51. The van der Waals surface area contributed by atoms with Crippen LogP contribution >= 0.6 is 0 Å². The Morgan fingerprint density at radius 1 is 1.03 bits per heavy atom. The Morgan fingerprint density at radius 2 is 1.77 bits per heavy atom. The number of rotatable bonds is 9. The molecule has 1 aliphatic heterocycles. The monoisotopic (exact) mass is 491 g/mol. The van der Waals surface area contributed by atoms with Gasteiger partial charge in [-0.3, -0.25) is 9.10 Å². The summed E-state index contributed by atoms with van der Waals surface area (Å²) < 4.78 is 26.5. The number of hydrogen-bond donors (Lipinski definition) is 1. The first kappa shape index (κ1) is 24.8. The summed E-state index contributed by atoms with van der Waals surface area (Å²) in [6, 6.07) is 21.4. The lowest BCUT2D eigenvalue weighted by atomic mass is 10.1. The van der Waals surface area contributed by atoms with Gasteiger partial charge in [0.05, 0.1) is 18.5 Å². The first-order valence-electron chi connectivity index (χ1n) is 12.0. The van der Waals surface area contributed by atoms with Crippen LogP contribution < -0.4 is 14.5 Å². The Balaban J connectivity index is 1.33. The van der Waals surface area contributed by atoms with Gasteiger partial charge in [-0.05, 0) is 73.2 Å². The normalized spacial score (nSPS) is 12.9. The van der Waals surface area contributed by atoms with Crippen molar-refractivity contribution in [2.24, 2.45) is 0 Å². The minimum Gasteiger partial charge on any atom is -0.371 e. The van der Waals surface area contributed by atoms with Crippen molar-refractivity contribution in [2.75, 3.05) is 35.1 Å². The van der Waals surface area contributed by atoms with E-state index in [-0.39, 0.29) is 12.5 Å². The number of hydrogen-bond acceptors (Lipinski definition) is 4. The van der Waals surface area contributed by atoms with Gasteiger partial charge in [0.2, 0.25) is 10.0 Å². The summed E-state index contributed by atoms with van der Waals surface area (Å²) in [4.78, 5) is 15.0. The molecule has 0 unspecified atom stereocenters. The van der Waals surface area contributed by atoms with Crippen LogP contribution in [0.3, 0.4) is 0 Å². The van der Waals surface area contributed by atoms with Gasteiger partial charge in [-0.1, -0.05) is 42.5 Å². The van der Waals surface area contributed by atoms with Crippen molar-refractivity contribution < 1.29 is 13.2 Å². The van der Waals surface area contributed by atoms with Crippen LogP contribution in [0, 0.1) is 13.8 Å². The molecule has 0 aliphatic carbocycles. The maximum atomic E-state index is 12.6. The third-order valence-corrected chi connectivity index (χ3v) is 7.58. The van der Waals surface area contributed by atoms with Crippen LogP contribution in [0.5, 0.6) is 0 Å². The van der Waals surface area contributed by atoms with E-state index in [2.05, 4.69) is 34.5 Å². The average Bonchev–Trinajstić information content (AvgIpc) is 3.24. The third-order valence-electron chi connectivity index (χ3n) is 6.45. The van der Waals surface area contributed by atoms with Crippen LogP contribution in [-0.4, -0.2) is 40.2 Å². The number of anilines is 2. The van der Waals surface area contributed by atoms with Gasteiger partial charge in [0.1, 0.15) is 0 Å². The third kappa shape index (κ3) is 6.03. The zero-order chi connectivity index (χ0) is 25.0. The van der Waals surface area contributed by atoms with E-state index in [4.69, 9.17) is 0 Å². The van der Waals surface area contributed by atoms with Crippen molar-refractivity contribution in [2.45, 2.75) is 33.2 Å². The Kier molecular flexibility index (Phi) is 7.45. The van der Waals surface area contributed by atoms with E-state index in [9.17, 15) is 13.2 Å². The lowest BCUT2D eigenvalue weighted by Crippen LogP contribution is -2.30. The van der Waals surface area contributed by atoms with Crippen molar-refractivity contribution in [1.29, 1.82) is 0 Å². The van der Waals surface area contributed by atoms with E-state index >= 15 is 0 Å². The van der Waals surface area contributed by atoms with Crippen molar-refractivity contribution in [1.82, 2.24) is 5.32 Å². The van der Waals surface area contributed by atoms with Gasteiger partial charge in [-0.15, -0.1) is 0 Å². The molecule has 3 aromatic rings. The van der Waals surface area contributed by atoms with Gasteiger partial charge in [0, 0.05) is 30.9 Å². The van der Waals surface area contributed by atoms with Crippen LogP contribution in [0.4, 0.5) is 11.4 Å². The maximum absolute atomic E-state index is 12.6. The number of para-hydroxylation sites is 1. The van der Waals surface area contributed by atoms with Crippen LogP contribution in [0.25, 0.3) is 0 Å². The molecule has 4 rings (SSSR count). The molecule has 0 fully saturated rings. The smallest absolute Gasteiger partial charge is 0.251 e. The first-order valence-corrected chi connectivity index (χ1v) is 13.8. The summed E-state index contributed by atoms with van der Waals surface area (Å²) >= 11 is 0. The lowest BCUT2D eigenvalue weighted by molar-refractivity contribution is 0.0953. The Morgan fingerprint density at radius 3 is 2.51 bits per heavy atom. The maximum Gasteiger partial charge on any atom is 0.251 e. The van der Waals surface area contributed by atoms with Crippen LogP contribution in [-0.2, 0) is 23.0 Å². The van der Waals surface area contributed by atoms with Gasteiger partial charge in [-0.25, -0.2) is 8.42 Å². The zero-order valence-electron chi connectivity index (χ0n) is 20.6. The summed E-state index contributed by atoms with van der Waals surface area (Å²) in [6.45, 7) is 6.61. The molecular formula is C28H33N3O3S. The van der Waals surface area contributed by atoms with Crippen molar-refractivity contribution >= 4 is 27.3 Å². The average molecular weight is 492 g/mol. The number of benzene rings is 3. The highest BCUT2D eigenvalue weighted by atomic mass is 32.2. The summed E-state index contributed by atoms with van der Waals surface area (Å²) in [5.41, 5.74) is 6.66. The van der Waals surface area contributed by atoms with E-state index in [1.165, 1.54) is 21.8 Å². The second kappa shape index (κ2) is 10.5. The minimum atomic E-state index is -3.47. The quantitative estimate of drug-likeness (QED) is 0.449. The minimum absolute atomic E-state index is 0.118. The number of aryl methyl sites for hydroxylation is 2. The highest BCUT2D eigenvalue weighted by Gasteiger charge is 2.20. The SMILES string of the molecule is Cc1ccc(C)c(N(Cc2ccc(C(=O)NCCCN3CCc4ccccc43)cc2)S(C)(=O)=O)c1. The largest absolute Gasteiger partial charge is 0.371 e. The second-order valence-electron chi connectivity index (χ2n) is 9.23. The molecule has 0 saturated carbocycles. The number of fused-ring (bicyclic) bond motifs is 1. The molecule has 0 spiro atoms. The summed E-state index contributed by atoms with van der Waals surface area (Å²) in [5, 5.41) is 3.00. The van der Waals surface area contributed by atoms with E-state index in [1.807, 2.05) is 44.2 Å². The number of carbonyl (C=O) groups is 1. The highest BCUT2D eigenvalue weighted by molar-refractivity contribution is 7.92. The van der Waals surface area contributed by atoms with E-state index in [0.29, 0.717) is 17.8 Å². The van der Waals surface area contributed by atoms with Crippen LogP contribution in [0.15, 0.2) is 66.7 Å². The zero-order valence-corrected chi connectivity index (χ0v) is 21.4. The fraction of sp³-hybridized carbons (Fsp3) is 0.321. The molecule has 0 bridgehead atoms. The number of nitrogens with zero attached hydrogens (tertiary/aromatic N) is 2. The fourth-order valence-corrected chi connectivity index (χ4v) is 5.45. The Labute approximate surface area is 208 Å². The van der Waals surface area contributed by atoms with Crippen LogP contribution in [0.1, 0.15) is 39.0 Å². The van der Waals surface area contributed by atoms with E-state index < -0.39 is 10.0 Å². The van der Waals surface area contributed by atoms with Gasteiger partial charge in [-0.2, -0.15) is 0 Å². The summed E-state index contributed by atoms with van der Waals surface area (Å²) in [5.74, 6) is -0.118. The van der Waals surface area contributed by atoms with E-state index in [1.54, 1.807) is 12.1 Å². The number of sulfonamides is 1. The van der Waals surface area contributed by atoms with Gasteiger partial charge >= 0.3 is 0 Å². The topological polar surface area (TPSA) is 69.7 Å². The number of nitrogens with one attached hydrogen (secondary N) is 1. The highest BCUT2D eigenvalue weighted by Crippen LogP contribution is 2.27. The van der Waals surface area contributed by atoms with Crippen molar-refractivity contribution in [3.05, 3.63) is 94.5 Å². The van der Waals surface area contributed by atoms with Gasteiger partial charge in [0.15, 0.2) is 0 Å². The molecule has 7 heteroatoms. The molecule has 1 heterocycles. The molecule has 1 aliphatic rings. The molecule has 3 aromatic carbocycles. The number of carbonyl (C=O) groups excluding carboxylic acids is 1. The van der Waals surface area contributed by atoms with Crippen LogP contribution in [0.2, 0.25) is 0 Å². The number of amides is 1. The molecular weight excluding hydrogens is 458 g/mol. The van der Waals surface area contributed by atoms with Gasteiger partial charge < -0.3 is 10.2 Å². The molecule has 35 heavy (non-hydrogen) atoms. The van der Waals surface area contributed by atoms with E-state index in [0.717, 1.165) is 42.6 Å². The molecule has 1 amide bonds. The molecule has 0 radical (unpaired) electrons. The summed E-state index contributed by atoms with van der Waals surface area (Å²) in [6.07, 6.45) is 3.17. The molecule has 1 N–H and O–H groups in total. The molecule has 0 atom stereocenters. The van der Waals surface area contributed by atoms with Crippen molar-refractivity contribution in [3.63, 3.8) is 0 Å². The molecule has 6 nitrogen and oxygen atoms in total. The molecule has 0 aromatic heterocycles. The second-order valence-corrected chi connectivity index (χ2v) is 11.1. The molecule has 184 valence electrons.